The molecular formula is C16H16N4O4S. The third kappa shape index (κ3) is 3.67. The third-order valence-corrected chi connectivity index (χ3v) is 4.29. The summed E-state index contributed by atoms with van der Waals surface area (Å²) in [4.78, 5) is 12.7. The Morgan fingerprint density at radius 2 is 1.76 bits per heavy atom. The van der Waals surface area contributed by atoms with Gasteiger partial charge in [-0.3, -0.25) is 4.98 Å². The number of methoxy groups -OCH3 is 2. The number of hydrogen-bond donors (Lipinski definition) is 1. The molecule has 0 radical (unpaired) electrons. The van der Waals surface area contributed by atoms with E-state index in [2.05, 4.69) is 15.0 Å². The number of nitrogens with zero attached hydrogens (tertiary/aromatic N) is 3. The first-order valence-corrected chi connectivity index (χ1v) is 8.95. The maximum Gasteiger partial charge on any atom is 0.214 e. The zero-order chi connectivity index (χ0) is 18.0. The Morgan fingerprint density at radius 3 is 2.36 bits per heavy atom. The van der Waals surface area contributed by atoms with Crippen LogP contribution in [0.15, 0.2) is 36.8 Å². The first-order chi connectivity index (χ1) is 11.9. The SMILES string of the molecule is COc1cc2ncnc(-c3ccc(CS(N)(=O)=O)nc3)c2cc1OC. The number of primary sulfonamides is 1. The molecular weight excluding hydrogens is 344 g/mol. The van der Waals surface area contributed by atoms with E-state index >= 15 is 0 Å². The van der Waals surface area contributed by atoms with Crippen molar-refractivity contribution >= 4 is 20.9 Å². The van der Waals surface area contributed by atoms with Gasteiger partial charge in [0.25, 0.3) is 0 Å². The Morgan fingerprint density at radius 1 is 1.04 bits per heavy atom. The van der Waals surface area contributed by atoms with Crippen molar-refractivity contribution in [2.75, 3.05) is 14.2 Å². The van der Waals surface area contributed by atoms with Gasteiger partial charge in [0.1, 0.15) is 12.1 Å². The van der Waals surface area contributed by atoms with Crippen LogP contribution in [0.4, 0.5) is 0 Å². The highest BCUT2D eigenvalue weighted by Crippen LogP contribution is 2.34. The molecule has 130 valence electrons. The predicted octanol–water partition coefficient (Wildman–Crippen LogP) is 1.50. The van der Waals surface area contributed by atoms with Crippen molar-refractivity contribution < 1.29 is 17.9 Å². The molecule has 3 aromatic rings. The fourth-order valence-electron chi connectivity index (χ4n) is 2.47. The summed E-state index contributed by atoms with van der Waals surface area (Å²) in [6, 6.07) is 6.91. The summed E-state index contributed by atoms with van der Waals surface area (Å²) >= 11 is 0. The van der Waals surface area contributed by atoms with E-state index in [1.165, 1.54) is 6.33 Å². The number of hydrogen-bond acceptors (Lipinski definition) is 7. The van der Waals surface area contributed by atoms with Gasteiger partial charge in [-0.05, 0) is 18.2 Å². The van der Waals surface area contributed by atoms with Gasteiger partial charge in [-0.2, -0.15) is 0 Å². The smallest absolute Gasteiger partial charge is 0.214 e. The topological polar surface area (TPSA) is 117 Å². The van der Waals surface area contributed by atoms with Gasteiger partial charge in [0.05, 0.1) is 31.1 Å². The van der Waals surface area contributed by atoms with E-state index in [1.807, 2.05) is 0 Å². The van der Waals surface area contributed by atoms with Crippen LogP contribution in [0, 0.1) is 0 Å². The molecule has 0 saturated heterocycles. The molecule has 0 aliphatic carbocycles. The molecule has 0 aliphatic heterocycles. The van der Waals surface area contributed by atoms with Crippen molar-refractivity contribution in [3.05, 3.63) is 42.5 Å². The molecule has 8 nitrogen and oxygen atoms in total. The Kier molecular flexibility index (Phi) is 4.51. The molecule has 25 heavy (non-hydrogen) atoms. The largest absolute Gasteiger partial charge is 0.493 e. The average Bonchev–Trinajstić information content (AvgIpc) is 2.59. The second-order valence-corrected chi connectivity index (χ2v) is 6.91. The summed E-state index contributed by atoms with van der Waals surface area (Å²) in [5.74, 6) is 0.814. The van der Waals surface area contributed by atoms with Gasteiger partial charge in [-0.15, -0.1) is 0 Å². The summed E-state index contributed by atoms with van der Waals surface area (Å²) in [5, 5.41) is 5.80. The minimum atomic E-state index is -3.62. The first kappa shape index (κ1) is 17.1. The third-order valence-electron chi connectivity index (χ3n) is 3.59. The molecule has 2 aromatic heterocycles. The number of ether oxygens (including phenoxy) is 2. The molecule has 2 N–H and O–H groups in total. The van der Waals surface area contributed by atoms with E-state index in [-0.39, 0.29) is 5.75 Å². The van der Waals surface area contributed by atoms with Crippen LogP contribution in [0.25, 0.3) is 22.2 Å². The molecule has 0 atom stereocenters. The molecule has 0 bridgehead atoms. The highest BCUT2D eigenvalue weighted by molar-refractivity contribution is 7.88. The highest BCUT2D eigenvalue weighted by atomic mass is 32.2. The Balaban J connectivity index is 2.09. The van der Waals surface area contributed by atoms with Gasteiger partial charge in [0.2, 0.25) is 10.0 Å². The Hall–Kier alpha value is -2.78. The fraction of sp³-hybridized carbons (Fsp3) is 0.188. The number of rotatable bonds is 5. The lowest BCUT2D eigenvalue weighted by Gasteiger charge is -2.11. The number of aromatic nitrogens is 3. The molecule has 2 heterocycles. The highest BCUT2D eigenvalue weighted by Gasteiger charge is 2.13. The normalized spacial score (nSPS) is 11.5. The van der Waals surface area contributed by atoms with Gasteiger partial charge in [0.15, 0.2) is 11.5 Å². The van der Waals surface area contributed by atoms with Crippen molar-refractivity contribution in [2.24, 2.45) is 5.14 Å². The van der Waals surface area contributed by atoms with Crippen molar-refractivity contribution in [3.63, 3.8) is 0 Å². The number of nitrogens with two attached hydrogens (primary N) is 1. The molecule has 0 fully saturated rings. The molecule has 0 saturated carbocycles. The van der Waals surface area contributed by atoms with Crippen molar-refractivity contribution in [1.29, 1.82) is 0 Å². The molecule has 3 rings (SSSR count). The summed E-state index contributed by atoms with van der Waals surface area (Å²) in [6.07, 6.45) is 3.00. The van der Waals surface area contributed by atoms with Crippen molar-refractivity contribution in [1.82, 2.24) is 15.0 Å². The van der Waals surface area contributed by atoms with Crippen LogP contribution in [0.1, 0.15) is 5.69 Å². The Bertz CT molecular complexity index is 1020. The summed E-state index contributed by atoms with van der Waals surface area (Å²) in [6.45, 7) is 0. The van der Waals surface area contributed by atoms with E-state index < -0.39 is 10.0 Å². The van der Waals surface area contributed by atoms with Gasteiger partial charge in [-0.1, -0.05) is 0 Å². The number of fused-ring (bicyclic) bond motifs is 1. The lowest BCUT2D eigenvalue weighted by molar-refractivity contribution is 0.356. The molecule has 0 unspecified atom stereocenters. The minimum absolute atomic E-state index is 0.317. The van der Waals surface area contributed by atoms with Gasteiger partial charge >= 0.3 is 0 Å². The maximum atomic E-state index is 11.2. The van der Waals surface area contributed by atoms with E-state index in [9.17, 15) is 8.42 Å². The van der Waals surface area contributed by atoms with Crippen LogP contribution < -0.4 is 14.6 Å². The monoisotopic (exact) mass is 360 g/mol. The van der Waals surface area contributed by atoms with E-state index in [1.54, 1.807) is 44.7 Å². The zero-order valence-corrected chi connectivity index (χ0v) is 14.4. The van der Waals surface area contributed by atoms with E-state index in [4.69, 9.17) is 14.6 Å². The fourth-order valence-corrected chi connectivity index (χ4v) is 3.05. The lowest BCUT2D eigenvalue weighted by Crippen LogP contribution is -2.15. The molecule has 1 aromatic carbocycles. The van der Waals surface area contributed by atoms with Crippen LogP contribution in [0.2, 0.25) is 0 Å². The van der Waals surface area contributed by atoms with Crippen molar-refractivity contribution in [3.8, 4) is 22.8 Å². The van der Waals surface area contributed by atoms with E-state index in [0.717, 1.165) is 10.9 Å². The predicted molar refractivity (Wildman–Crippen MR) is 92.7 cm³/mol. The number of sulfonamides is 1. The molecule has 0 amide bonds. The van der Waals surface area contributed by atoms with Gasteiger partial charge in [-0.25, -0.2) is 23.5 Å². The second kappa shape index (κ2) is 6.61. The van der Waals surface area contributed by atoms with Gasteiger partial charge < -0.3 is 9.47 Å². The van der Waals surface area contributed by atoms with Crippen LogP contribution in [-0.4, -0.2) is 37.6 Å². The van der Waals surface area contributed by atoms with Gasteiger partial charge in [0, 0.05) is 23.2 Å². The first-order valence-electron chi connectivity index (χ1n) is 7.24. The average molecular weight is 360 g/mol. The molecule has 9 heteroatoms. The number of benzene rings is 1. The zero-order valence-electron chi connectivity index (χ0n) is 13.6. The van der Waals surface area contributed by atoms with Crippen LogP contribution in [0.3, 0.4) is 0 Å². The summed E-state index contributed by atoms with van der Waals surface area (Å²) < 4.78 is 32.9. The molecule has 0 spiro atoms. The molecule has 0 aliphatic rings. The second-order valence-electron chi connectivity index (χ2n) is 5.29. The number of pyridine rings is 1. The van der Waals surface area contributed by atoms with Crippen LogP contribution >= 0.6 is 0 Å². The van der Waals surface area contributed by atoms with Crippen LogP contribution in [0.5, 0.6) is 11.5 Å². The summed E-state index contributed by atoms with van der Waals surface area (Å²) in [7, 11) is -0.517. The quantitative estimate of drug-likeness (QED) is 0.732. The van der Waals surface area contributed by atoms with E-state index in [0.29, 0.717) is 28.4 Å². The van der Waals surface area contributed by atoms with Crippen molar-refractivity contribution in [2.45, 2.75) is 5.75 Å². The van der Waals surface area contributed by atoms with Crippen LogP contribution in [-0.2, 0) is 15.8 Å². The lowest BCUT2D eigenvalue weighted by atomic mass is 10.1. The Labute approximate surface area is 144 Å². The summed E-state index contributed by atoms with van der Waals surface area (Å²) in [5.41, 5.74) is 2.43. The maximum absolute atomic E-state index is 11.2. The minimum Gasteiger partial charge on any atom is -0.493 e. The standard InChI is InChI=1S/C16H16N4O4S/c1-23-14-5-12-13(6-15(14)24-2)19-9-20-16(12)10-3-4-11(18-7-10)8-25(17,21)22/h3-7,9H,8H2,1-2H3,(H2,17,21,22).